The third kappa shape index (κ3) is 1.79. The van der Waals surface area contributed by atoms with E-state index in [1.807, 2.05) is 36.4 Å². The maximum atomic E-state index is 5.66. The van der Waals surface area contributed by atoms with E-state index >= 15 is 0 Å². The number of hydrogen-bond donors (Lipinski definition) is 0. The summed E-state index contributed by atoms with van der Waals surface area (Å²) in [5.74, 6) is 2.46. The molecule has 1 aliphatic heterocycles. The molecule has 0 saturated carbocycles. The fourth-order valence-corrected chi connectivity index (χ4v) is 1.33. The van der Waals surface area contributed by atoms with Crippen molar-refractivity contribution in [2.45, 2.75) is 6.42 Å². The summed E-state index contributed by atoms with van der Waals surface area (Å²) in [6.45, 7) is 4.24. The molecule has 1 aromatic rings. The number of hydrogen-bond acceptors (Lipinski definition) is 2. The number of rotatable bonds is 2. The van der Waals surface area contributed by atoms with E-state index in [1.165, 1.54) is 0 Å². The largest absolute Gasteiger partial charge is 0.485 e. The molecule has 2 rings (SSSR count). The van der Waals surface area contributed by atoms with Crippen LogP contribution in [0.4, 0.5) is 0 Å². The van der Waals surface area contributed by atoms with Gasteiger partial charge in [0.2, 0.25) is 0 Å². The van der Waals surface area contributed by atoms with E-state index in [2.05, 4.69) is 6.58 Å². The van der Waals surface area contributed by atoms with Crippen LogP contribution in [0.1, 0.15) is 6.42 Å². The lowest BCUT2D eigenvalue weighted by Crippen LogP contribution is -1.92. The molecule has 0 atom stereocenters. The molecule has 72 valence electrons. The second-order valence-electron chi connectivity index (χ2n) is 3.02. The molecule has 2 nitrogen and oxygen atoms in total. The predicted octanol–water partition coefficient (Wildman–Crippen LogP) is 2.92. The first-order valence-electron chi connectivity index (χ1n) is 4.60. The Bertz CT molecular complexity index is 366. The summed E-state index contributed by atoms with van der Waals surface area (Å²) in [6, 6.07) is 7.66. The predicted molar refractivity (Wildman–Crippen MR) is 55.5 cm³/mol. The molecular formula is C12H12O2. The molecule has 0 aromatic heterocycles. The zero-order valence-electron chi connectivity index (χ0n) is 7.90. The second-order valence-corrected chi connectivity index (χ2v) is 3.02. The van der Waals surface area contributed by atoms with Gasteiger partial charge in [-0.15, -0.1) is 6.58 Å². The van der Waals surface area contributed by atoms with E-state index in [1.54, 1.807) is 0 Å². The monoisotopic (exact) mass is 188 g/mol. The molecule has 0 aliphatic carbocycles. The van der Waals surface area contributed by atoms with Crippen molar-refractivity contribution in [3.63, 3.8) is 0 Å². The van der Waals surface area contributed by atoms with Crippen LogP contribution in [0.2, 0.25) is 0 Å². The van der Waals surface area contributed by atoms with Crippen LogP contribution in [0.25, 0.3) is 0 Å². The van der Waals surface area contributed by atoms with Crippen molar-refractivity contribution in [1.29, 1.82) is 0 Å². The summed E-state index contributed by atoms with van der Waals surface area (Å²) in [7, 11) is 0. The van der Waals surface area contributed by atoms with Gasteiger partial charge in [-0.05, 0) is 18.2 Å². The van der Waals surface area contributed by atoms with Crippen LogP contribution >= 0.6 is 0 Å². The summed E-state index contributed by atoms with van der Waals surface area (Å²) in [5, 5.41) is 0. The molecule has 0 saturated heterocycles. The first-order valence-corrected chi connectivity index (χ1v) is 4.60. The minimum atomic E-state index is 0.556. The van der Waals surface area contributed by atoms with Gasteiger partial charge < -0.3 is 9.47 Å². The van der Waals surface area contributed by atoms with Crippen LogP contribution in [0, 0.1) is 0 Å². The Morgan fingerprint density at radius 2 is 2.07 bits per heavy atom. The van der Waals surface area contributed by atoms with Crippen molar-refractivity contribution in [3.8, 4) is 11.5 Å². The molecule has 2 heteroatoms. The molecule has 0 fully saturated rings. The number of ether oxygens (including phenoxy) is 2. The van der Waals surface area contributed by atoms with Crippen molar-refractivity contribution in [3.05, 3.63) is 48.8 Å². The molecule has 1 heterocycles. The highest BCUT2D eigenvalue weighted by atomic mass is 16.5. The normalized spacial score (nSPS) is 14.1. The highest BCUT2D eigenvalue weighted by Gasteiger charge is 2.09. The average molecular weight is 188 g/mol. The molecule has 0 radical (unpaired) electrons. The molecular weight excluding hydrogens is 176 g/mol. The van der Waals surface area contributed by atoms with E-state index in [4.69, 9.17) is 9.47 Å². The Labute approximate surface area is 83.5 Å². The highest BCUT2D eigenvalue weighted by molar-refractivity contribution is 5.41. The lowest BCUT2D eigenvalue weighted by atomic mass is 10.3. The summed E-state index contributed by atoms with van der Waals surface area (Å²) in [4.78, 5) is 0. The topological polar surface area (TPSA) is 18.5 Å². The van der Waals surface area contributed by atoms with Gasteiger partial charge in [-0.3, -0.25) is 0 Å². The van der Waals surface area contributed by atoms with Gasteiger partial charge in [0.25, 0.3) is 0 Å². The van der Waals surface area contributed by atoms with Crippen molar-refractivity contribution in [2.24, 2.45) is 0 Å². The zero-order valence-corrected chi connectivity index (χ0v) is 7.90. The number of para-hydroxylation sites is 2. The Morgan fingerprint density at radius 3 is 2.86 bits per heavy atom. The molecule has 0 unspecified atom stereocenters. The fourth-order valence-electron chi connectivity index (χ4n) is 1.33. The van der Waals surface area contributed by atoms with Crippen LogP contribution in [0.5, 0.6) is 11.5 Å². The molecule has 14 heavy (non-hydrogen) atoms. The van der Waals surface area contributed by atoms with E-state index in [9.17, 15) is 0 Å². The molecule has 0 amide bonds. The lowest BCUT2D eigenvalue weighted by molar-refractivity contribution is 0.353. The minimum absolute atomic E-state index is 0.556. The third-order valence-corrected chi connectivity index (χ3v) is 1.99. The zero-order chi connectivity index (χ0) is 9.80. The molecule has 1 aliphatic rings. The van der Waals surface area contributed by atoms with Gasteiger partial charge in [-0.1, -0.05) is 18.2 Å². The Hall–Kier alpha value is -1.70. The van der Waals surface area contributed by atoms with Crippen molar-refractivity contribution < 1.29 is 9.47 Å². The van der Waals surface area contributed by atoms with Gasteiger partial charge in [0.1, 0.15) is 12.4 Å². The molecule has 0 N–H and O–H groups in total. The maximum Gasteiger partial charge on any atom is 0.168 e. The van der Waals surface area contributed by atoms with Crippen molar-refractivity contribution in [2.75, 3.05) is 6.61 Å². The van der Waals surface area contributed by atoms with Crippen LogP contribution in [0.3, 0.4) is 0 Å². The average Bonchev–Trinajstić information content (AvgIpc) is 2.40. The first kappa shape index (κ1) is 8.88. The third-order valence-electron chi connectivity index (χ3n) is 1.99. The standard InChI is InChI=1S/C12H12O2/c1-2-5-10-8-9-13-11-6-3-4-7-12(11)14-10/h2-4,6-8H,1,5,9H2. The Balaban J connectivity index is 2.25. The van der Waals surface area contributed by atoms with E-state index in [-0.39, 0.29) is 0 Å². The van der Waals surface area contributed by atoms with Crippen molar-refractivity contribution in [1.82, 2.24) is 0 Å². The quantitative estimate of drug-likeness (QED) is 0.664. The minimum Gasteiger partial charge on any atom is -0.485 e. The van der Waals surface area contributed by atoms with Crippen LogP contribution in [0.15, 0.2) is 48.8 Å². The van der Waals surface area contributed by atoms with E-state index in [0.717, 1.165) is 23.7 Å². The summed E-state index contributed by atoms with van der Waals surface area (Å²) < 4.78 is 11.2. The van der Waals surface area contributed by atoms with Crippen LogP contribution < -0.4 is 9.47 Å². The maximum absolute atomic E-state index is 5.66. The Kier molecular flexibility index (Phi) is 2.54. The second kappa shape index (κ2) is 4.01. The smallest absolute Gasteiger partial charge is 0.168 e. The van der Waals surface area contributed by atoms with Gasteiger partial charge in [0.05, 0.1) is 0 Å². The highest BCUT2D eigenvalue weighted by Crippen LogP contribution is 2.30. The van der Waals surface area contributed by atoms with Crippen LogP contribution in [-0.2, 0) is 0 Å². The van der Waals surface area contributed by atoms with Gasteiger partial charge in [0.15, 0.2) is 11.5 Å². The van der Waals surface area contributed by atoms with Gasteiger partial charge >= 0.3 is 0 Å². The molecule has 1 aromatic carbocycles. The lowest BCUT2D eigenvalue weighted by Gasteiger charge is -2.07. The fraction of sp³-hybridized carbons (Fsp3) is 0.167. The van der Waals surface area contributed by atoms with Gasteiger partial charge in [-0.25, -0.2) is 0 Å². The summed E-state index contributed by atoms with van der Waals surface area (Å²) >= 11 is 0. The first-order chi connectivity index (χ1) is 6.90. The number of allylic oxidation sites excluding steroid dienone is 1. The van der Waals surface area contributed by atoms with Gasteiger partial charge in [0, 0.05) is 6.42 Å². The Morgan fingerprint density at radius 1 is 1.29 bits per heavy atom. The summed E-state index contributed by atoms with van der Waals surface area (Å²) in [6.07, 6.45) is 4.49. The summed E-state index contributed by atoms with van der Waals surface area (Å²) in [5.41, 5.74) is 0. The molecule has 0 bridgehead atoms. The van der Waals surface area contributed by atoms with Crippen LogP contribution in [-0.4, -0.2) is 6.61 Å². The molecule has 0 spiro atoms. The SMILES string of the molecule is C=CCC1=CCOc2ccccc2O1. The number of fused-ring (bicyclic) bond motifs is 1. The van der Waals surface area contributed by atoms with E-state index < -0.39 is 0 Å². The van der Waals surface area contributed by atoms with Crippen molar-refractivity contribution >= 4 is 0 Å². The van der Waals surface area contributed by atoms with E-state index in [0.29, 0.717) is 6.61 Å². The van der Waals surface area contributed by atoms with Gasteiger partial charge in [-0.2, -0.15) is 0 Å². The number of benzene rings is 1.